The number of amides is 2. The van der Waals surface area contributed by atoms with Crippen molar-refractivity contribution in [3.8, 4) is 0 Å². The van der Waals surface area contributed by atoms with Crippen LogP contribution in [0.25, 0.3) is 0 Å². The first kappa shape index (κ1) is 15.2. The average molecular weight is 285 g/mol. The molecule has 0 aliphatic carbocycles. The first-order valence-electron chi connectivity index (χ1n) is 5.94. The maximum atomic E-state index is 11.9. The molecule has 0 bridgehead atoms. The number of thiazole rings is 1. The molecule has 8 heteroatoms. The van der Waals surface area contributed by atoms with Gasteiger partial charge >= 0.3 is 0 Å². The van der Waals surface area contributed by atoms with Gasteiger partial charge in [0.2, 0.25) is 5.91 Å². The molecule has 0 fully saturated rings. The van der Waals surface area contributed by atoms with Crippen molar-refractivity contribution in [2.24, 2.45) is 0 Å². The lowest BCUT2D eigenvalue weighted by molar-refractivity contribution is -0.128. The Morgan fingerprint density at radius 2 is 2.11 bits per heavy atom. The number of rotatable bonds is 6. The number of carbonyl (C=O) groups excluding carboxylic acids is 2. The minimum atomic E-state index is -0.300. The summed E-state index contributed by atoms with van der Waals surface area (Å²) in [7, 11) is 3.35. The summed E-state index contributed by atoms with van der Waals surface area (Å²) in [5.74, 6) is -0.131. The standard InChI is InChI=1S/C11H19N5O2S/c1-4-13-11-15-9(12)8(19-11)10(18)14-6-5-7(17)16(2)3/h4-6,12H2,1-3H3,(H,13,15)(H,14,18). The second-order valence-electron chi connectivity index (χ2n) is 4.06. The van der Waals surface area contributed by atoms with Gasteiger partial charge in [-0.15, -0.1) is 0 Å². The molecule has 0 aliphatic heterocycles. The summed E-state index contributed by atoms with van der Waals surface area (Å²) in [6.45, 7) is 2.93. The highest BCUT2D eigenvalue weighted by atomic mass is 32.1. The average Bonchev–Trinajstić information content (AvgIpc) is 2.70. The molecule has 1 aromatic heterocycles. The van der Waals surface area contributed by atoms with E-state index in [2.05, 4.69) is 15.6 Å². The van der Waals surface area contributed by atoms with Gasteiger partial charge in [0, 0.05) is 33.6 Å². The van der Waals surface area contributed by atoms with Gasteiger partial charge in [0.05, 0.1) is 0 Å². The molecular weight excluding hydrogens is 266 g/mol. The Hall–Kier alpha value is -1.83. The van der Waals surface area contributed by atoms with Crippen LogP contribution in [0.4, 0.5) is 10.9 Å². The van der Waals surface area contributed by atoms with Gasteiger partial charge in [-0.05, 0) is 6.92 Å². The van der Waals surface area contributed by atoms with Crippen LogP contribution in [0, 0.1) is 0 Å². The molecule has 1 heterocycles. The highest BCUT2D eigenvalue weighted by molar-refractivity contribution is 7.18. The number of nitrogens with one attached hydrogen (secondary N) is 2. The Morgan fingerprint density at radius 3 is 2.68 bits per heavy atom. The molecule has 0 saturated carbocycles. The third-order valence-electron chi connectivity index (χ3n) is 2.31. The molecule has 19 heavy (non-hydrogen) atoms. The first-order valence-corrected chi connectivity index (χ1v) is 6.75. The molecule has 1 rings (SSSR count). The van der Waals surface area contributed by atoms with Gasteiger partial charge in [-0.3, -0.25) is 9.59 Å². The van der Waals surface area contributed by atoms with E-state index in [0.717, 1.165) is 0 Å². The Kier molecular flexibility index (Phi) is 5.56. The maximum Gasteiger partial charge on any atom is 0.265 e. The molecular formula is C11H19N5O2S. The number of nitrogens with zero attached hydrogens (tertiary/aromatic N) is 2. The highest BCUT2D eigenvalue weighted by Crippen LogP contribution is 2.24. The maximum absolute atomic E-state index is 11.9. The van der Waals surface area contributed by atoms with E-state index < -0.39 is 0 Å². The number of hydrogen-bond acceptors (Lipinski definition) is 6. The molecule has 0 saturated heterocycles. The topological polar surface area (TPSA) is 100 Å². The predicted octanol–water partition coefficient (Wildman–Crippen LogP) is 0.365. The van der Waals surface area contributed by atoms with Gasteiger partial charge in [-0.25, -0.2) is 4.98 Å². The predicted molar refractivity (Wildman–Crippen MR) is 76.3 cm³/mol. The lowest BCUT2D eigenvalue weighted by Gasteiger charge is -2.10. The van der Waals surface area contributed by atoms with E-state index in [1.165, 1.54) is 16.2 Å². The fourth-order valence-corrected chi connectivity index (χ4v) is 2.18. The van der Waals surface area contributed by atoms with Crippen molar-refractivity contribution < 1.29 is 9.59 Å². The van der Waals surface area contributed by atoms with Crippen LogP contribution in [0.15, 0.2) is 0 Å². The van der Waals surface area contributed by atoms with Crippen molar-refractivity contribution in [2.45, 2.75) is 13.3 Å². The Bertz CT molecular complexity index is 458. The molecule has 106 valence electrons. The van der Waals surface area contributed by atoms with Gasteiger partial charge in [0.1, 0.15) is 10.7 Å². The van der Waals surface area contributed by atoms with E-state index in [1.807, 2.05) is 6.92 Å². The van der Waals surface area contributed by atoms with Gasteiger partial charge in [0.15, 0.2) is 5.13 Å². The Labute approximate surface area is 116 Å². The van der Waals surface area contributed by atoms with Crippen LogP contribution in [0.2, 0.25) is 0 Å². The highest BCUT2D eigenvalue weighted by Gasteiger charge is 2.16. The zero-order valence-electron chi connectivity index (χ0n) is 11.3. The van der Waals surface area contributed by atoms with Crippen LogP contribution in [0.1, 0.15) is 23.0 Å². The van der Waals surface area contributed by atoms with Gasteiger partial charge in [-0.2, -0.15) is 0 Å². The fraction of sp³-hybridized carbons (Fsp3) is 0.545. The number of carbonyl (C=O) groups is 2. The van der Waals surface area contributed by atoms with Gasteiger partial charge in [0.25, 0.3) is 5.91 Å². The van der Waals surface area contributed by atoms with E-state index >= 15 is 0 Å². The molecule has 4 N–H and O–H groups in total. The zero-order chi connectivity index (χ0) is 14.4. The monoisotopic (exact) mass is 285 g/mol. The van der Waals surface area contributed by atoms with E-state index in [1.54, 1.807) is 14.1 Å². The zero-order valence-corrected chi connectivity index (χ0v) is 12.1. The lowest BCUT2D eigenvalue weighted by Crippen LogP contribution is -2.30. The van der Waals surface area contributed by atoms with E-state index in [4.69, 9.17) is 5.73 Å². The molecule has 0 aliphatic rings. The third kappa shape index (κ3) is 4.40. The largest absolute Gasteiger partial charge is 0.382 e. The molecule has 0 atom stereocenters. The van der Waals surface area contributed by atoms with Crippen molar-refractivity contribution >= 4 is 34.1 Å². The number of aromatic nitrogens is 1. The van der Waals surface area contributed by atoms with Crippen LogP contribution in [-0.2, 0) is 4.79 Å². The molecule has 0 radical (unpaired) electrons. The van der Waals surface area contributed by atoms with Crippen molar-refractivity contribution in [2.75, 3.05) is 38.2 Å². The van der Waals surface area contributed by atoms with Crippen LogP contribution < -0.4 is 16.4 Å². The van der Waals surface area contributed by atoms with Gasteiger partial charge < -0.3 is 21.3 Å². The molecule has 0 unspecified atom stereocenters. The summed E-state index contributed by atoms with van der Waals surface area (Å²) in [5, 5.41) is 6.28. The van der Waals surface area contributed by atoms with E-state index in [9.17, 15) is 9.59 Å². The Morgan fingerprint density at radius 1 is 1.42 bits per heavy atom. The SMILES string of the molecule is CCNc1nc(N)c(C(=O)NCCC(=O)N(C)C)s1. The van der Waals surface area contributed by atoms with E-state index in [-0.39, 0.29) is 30.6 Å². The van der Waals surface area contributed by atoms with Crippen molar-refractivity contribution in [3.05, 3.63) is 4.88 Å². The Balaban J connectivity index is 2.51. The van der Waals surface area contributed by atoms with Crippen LogP contribution >= 0.6 is 11.3 Å². The van der Waals surface area contributed by atoms with E-state index in [0.29, 0.717) is 16.6 Å². The lowest BCUT2D eigenvalue weighted by atomic mass is 10.3. The minimum absolute atomic E-state index is 0.0362. The number of nitrogen functional groups attached to an aromatic ring is 1. The number of anilines is 2. The molecule has 0 spiro atoms. The van der Waals surface area contributed by atoms with Crippen LogP contribution in [0.5, 0.6) is 0 Å². The second-order valence-corrected chi connectivity index (χ2v) is 5.06. The molecule has 2 amide bonds. The van der Waals surface area contributed by atoms with Crippen molar-refractivity contribution in [1.29, 1.82) is 0 Å². The molecule has 7 nitrogen and oxygen atoms in total. The summed E-state index contributed by atoms with van der Waals surface area (Å²) < 4.78 is 0. The quantitative estimate of drug-likeness (QED) is 0.701. The molecule has 0 aromatic carbocycles. The second kappa shape index (κ2) is 6.93. The first-order chi connectivity index (χ1) is 8.95. The number of nitrogens with two attached hydrogens (primary N) is 1. The summed E-state index contributed by atoms with van der Waals surface area (Å²) in [5.41, 5.74) is 5.68. The summed E-state index contributed by atoms with van der Waals surface area (Å²) in [4.78, 5) is 29.1. The summed E-state index contributed by atoms with van der Waals surface area (Å²) in [6, 6.07) is 0. The normalized spacial score (nSPS) is 10.1. The van der Waals surface area contributed by atoms with Gasteiger partial charge in [-0.1, -0.05) is 11.3 Å². The number of hydrogen-bond donors (Lipinski definition) is 3. The fourth-order valence-electron chi connectivity index (χ4n) is 1.31. The van der Waals surface area contributed by atoms with Crippen LogP contribution in [-0.4, -0.2) is 48.9 Å². The summed E-state index contributed by atoms with van der Waals surface area (Å²) >= 11 is 1.20. The van der Waals surface area contributed by atoms with Crippen molar-refractivity contribution in [1.82, 2.24) is 15.2 Å². The van der Waals surface area contributed by atoms with Crippen LogP contribution in [0.3, 0.4) is 0 Å². The van der Waals surface area contributed by atoms with Crippen molar-refractivity contribution in [3.63, 3.8) is 0 Å². The summed E-state index contributed by atoms with van der Waals surface area (Å²) in [6.07, 6.45) is 0.261. The minimum Gasteiger partial charge on any atom is -0.382 e. The molecule has 1 aromatic rings. The smallest absolute Gasteiger partial charge is 0.265 e. The third-order valence-corrected chi connectivity index (χ3v) is 3.34.